The maximum Gasteiger partial charge on any atom is 0.137 e. The highest BCUT2D eigenvalue weighted by Crippen LogP contribution is 2.40. The van der Waals surface area contributed by atoms with E-state index in [0.29, 0.717) is 15.9 Å². The van der Waals surface area contributed by atoms with E-state index in [1.165, 1.54) is 32.1 Å². The molecule has 0 radical (unpaired) electrons. The second-order valence-electron chi connectivity index (χ2n) is 7.02. The van der Waals surface area contributed by atoms with E-state index in [4.69, 9.17) is 0 Å². The molecule has 0 aromatic heterocycles. The van der Waals surface area contributed by atoms with E-state index in [1.54, 1.807) is 12.1 Å². The van der Waals surface area contributed by atoms with Crippen LogP contribution >= 0.6 is 15.9 Å². The van der Waals surface area contributed by atoms with Crippen molar-refractivity contribution in [3.8, 4) is 0 Å². The second kappa shape index (κ2) is 7.23. The van der Waals surface area contributed by atoms with E-state index in [-0.39, 0.29) is 5.82 Å². The molecule has 2 rings (SSSR count). The summed E-state index contributed by atoms with van der Waals surface area (Å²) in [4.78, 5) is 0. The molecular weight excluding hydrogens is 329 g/mol. The Morgan fingerprint density at radius 2 is 1.90 bits per heavy atom. The van der Waals surface area contributed by atoms with Crippen LogP contribution < -0.4 is 5.32 Å². The highest BCUT2D eigenvalue weighted by molar-refractivity contribution is 9.10. The fraction of sp³-hybridized carbons (Fsp3) is 0.667. The molecule has 0 bridgehead atoms. The van der Waals surface area contributed by atoms with Crippen molar-refractivity contribution in [2.24, 2.45) is 11.3 Å². The molecule has 0 amide bonds. The van der Waals surface area contributed by atoms with Crippen molar-refractivity contribution in [1.82, 2.24) is 5.32 Å². The molecule has 0 unspecified atom stereocenters. The van der Waals surface area contributed by atoms with Crippen molar-refractivity contribution in [3.63, 3.8) is 0 Å². The van der Waals surface area contributed by atoms with Crippen LogP contribution in [0.3, 0.4) is 0 Å². The predicted molar refractivity (Wildman–Crippen MR) is 90.8 cm³/mol. The largest absolute Gasteiger partial charge is 0.310 e. The van der Waals surface area contributed by atoms with Crippen molar-refractivity contribution >= 4 is 15.9 Å². The third kappa shape index (κ3) is 4.53. The van der Waals surface area contributed by atoms with Gasteiger partial charge in [-0.25, -0.2) is 4.39 Å². The quantitative estimate of drug-likeness (QED) is 0.716. The Morgan fingerprint density at radius 3 is 2.48 bits per heavy atom. The minimum Gasteiger partial charge on any atom is -0.310 e. The van der Waals surface area contributed by atoms with Crippen LogP contribution in [0.2, 0.25) is 0 Å². The lowest BCUT2D eigenvalue weighted by molar-refractivity contribution is 0.137. The zero-order chi connectivity index (χ0) is 15.5. The van der Waals surface area contributed by atoms with Crippen molar-refractivity contribution in [3.05, 3.63) is 34.1 Å². The zero-order valence-electron chi connectivity index (χ0n) is 13.4. The number of nitrogens with one attached hydrogen (secondary N) is 1. The molecule has 1 aromatic rings. The minimum atomic E-state index is -0.178. The van der Waals surface area contributed by atoms with Crippen LogP contribution in [-0.4, -0.2) is 6.04 Å². The first-order chi connectivity index (χ1) is 9.92. The zero-order valence-corrected chi connectivity index (χ0v) is 15.0. The summed E-state index contributed by atoms with van der Waals surface area (Å²) in [6, 6.07) is 5.96. The summed E-state index contributed by atoms with van der Waals surface area (Å²) in [5.41, 5.74) is 1.49. The third-order valence-electron chi connectivity index (χ3n) is 5.32. The maximum atomic E-state index is 13.5. The summed E-state index contributed by atoms with van der Waals surface area (Å²) in [6.07, 6.45) is 6.37. The molecule has 1 N–H and O–H groups in total. The SMILES string of the molecule is CCC(C)(C)C1CCC(NCc2ccc(Br)c(F)c2)CC1. The summed E-state index contributed by atoms with van der Waals surface area (Å²) in [6.45, 7) is 7.86. The van der Waals surface area contributed by atoms with Crippen LogP contribution in [0.25, 0.3) is 0 Å². The lowest BCUT2D eigenvalue weighted by Gasteiger charge is -2.39. The lowest BCUT2D eigenvalue weighted by atomic mass is 9.69. The van der Waals surface area contributed by atoms with Crippen LogP contribution in [0, 0.1) is 17.2 Å². The minimum absolute atomic E-state index is 0.178. The molecule has 1 aliphatic carbocycles. The molecule has 0 aliphatic heterocycles. The van der Waals surface area contributed by atoms with Gasteiger partial charge in [-0.1, -0.05) is 33.3 Å². The Labute approximate surface area is 136 Å². The molecule has 0 spiro atoms. The monoisotopic (exact) mass is 355 g/mol. The van der Waals surface area contributed by atoms with E-state index in [9.17, 15) is 4.39 Å². The van der Waals surface area contributed by atoms with Crippen molar-refractivity contribution in [2.75, 3.05) is 0 Å². The first-order valence-electron chi connectivity index (χ1n) is 8.09. The van der Waals surface area contributed by atoms with Gasteiger partial charge >= 0.3 is 0 Å². The second-order valence-corrected chi connectivity index (χ2v) is 7.87. The molecule has 0 heterocycles. The summed E-state index contributed by atoms with van der Waals surface area (Å²) in [5, 5.41) is 3.59. The van der Waals surface area contributed by atoms with E-state index >= 15 is 0 Å². The molecule has 1 saturated carbocycles. The van der Waals surface area contributed by atoms with Gasteiger partial charge in [0.15, 0.2) is 0 Å². The number of halogens is 2. The predicted octanol–water partition coefficient (Wildman–Crippen LogP) is 5.67. The fourth-order valence-electron chi connectivity index (χ4n) is 3.28. The summed E-state index contributed by atoms with van der Waals surface area (Å²) in [7, 11) is 0. The summed E-state index contributed by atoms with van der Waals surface area (Å²) in [5.74, 6) is 0.674. The van der Waals surface area contributed by atoms with E-state index in [0.717, 1.165) is 18.0 Å². The van der Waals surface area contributed by atoms with Gasteiger partial charge in [-0.3, -0.25) is 0 Å². The number of hydrogen-bond donors (Lipinski definition) is 1. The van der Waals surface area contributed by atoms with Gasteiger partial charge in [-0.2, -0.15) is 0 Å². The van der Waals surface area contributed by atoms with Crippen LogP contribution in [-0.2, 0) is 6.54 Å². The van der Waals surface area contributed by atoms with Gasteiger partial charge in [-0.05, 0) is 70.6 Å². The van der Waals surface area contributed by atoms with Gasteiger partial charge in [0.05, 0.1) is 4.47 Å². The number of rotatable bonds is 5. The molecule has 0 saturated heterocycles. The van der Waals surface area contributed by atoms with Crippen LogP contribution in [0.5, 0.6) is 0 Å². The number of benzene rings is 1. The average Bonchev–Trinajstić information content (AvgIpc) is 2.49. The van der Waals surface area contributed by atoms with Crippen molar-refractivity contribution < 1.29 is 4.39 Å². The van der Waals surface area contributed by atoms with Crippen molar-refractivity contribution in [2.45, 2.75) is 65.5 Å². The summed E-state index contributed by atoms with van der Waals surface area (Å²) < 4.78 is 14.0. The van der Waals surface area contributed by atoms with Crippen LogP contribution in [0.15, 0.2) is 22.7 Å². The maximum absolute atomic E-state index is 13.5. The molecular formula is C18H27BrFN. The van der Waals surface area contributed by atoms with Gasteiger partial charge in [0.25, 0.3) is 0 Å². The molecule has 3 heteroatoms. The van der Waals surface area contributed by atoms with Gasteiger partial charge in [0.1, 0.15) is 5.82 Å². The lowest BCUT2D eigenvalue weighted by Crippen LogP contribution is -2.36. The van der Waals surface area contributed by atoms with E-state index in [1.807, 2.05) is 6.07 Å². The van der Waals surface area contributed by atoms with Gasteiger partial charge in [0, 0.05) is 12.6 Å². The highest BCUT2D eigenvalue weighted by atomic mass is 79.9. The Bertz CT molecular complexity index is 464. The van der Waals surface area contributed by atoms with Crippen molar-refractivity contribution in [1.29, 1.82) is 0 Å². The highest BCUT2D eigenvalue weighted by Gasteiger charge is 2.31. The third-order valence-corrected chi connectivity index (χ3v) is 5.97. The molecule has 21 heavy (non-hydrogen) atoms. The summed E-state index contributed by atoms with van der Waals surface area (Å²) >= 11 is 3.19. The number of hydrogen-bond acceptors (Lipinski definition) is 1. The standard InChI is InChI=1S/C18H27BrFN/c1-4-18(2,3)14-6-8-15(9-7-14)21-12-13-5-10-16(19)17(20)11-13/h5,10-11,14-15,21H,4,6-9,12H2,1-3H3. The Kier molecular flexibility index (Phi) is 5.84. The average molecular weight is 356 g/mol. The fourth-order valence-corrected chi connectivity index (χ4v) is 3.53. The smallest absolute Gasteiger partial charge is 0.137 e. The van der Waals surface area contributed by atoms with Crippen LogP contribution in [0.4, 0.5) is 4.39 Å². The first kappa shape index (κ1) is 17.0. The molecule has 1 aromatic carbocycles. The molecule has 1 fully saturated rings. The van der Waals surface area contributed by atoms with Gasteiger partial charge in [-0.15, -0.1) is 0 Å². The normalized spacial score (nSPS) is 23.3. The Morgan fingerprint density at radius 1 is 1.24 bits per heavy atom. The van der Waals surface area contributed by atoms with E-state index < -0.39 is 0 Å². The first-order valence-corrected chi connectivity index (χ1v) is 8.89. The van der Waals surface area contributed by atoms with Gasteiger partial charge in [0.2, 0.25) is 0 Å². The van der Waals surface area contributed by atoms with Gasteiger partial charge < -0.3 is 5.32 Å². The topological polar surface area (TPSA) is 12.0 Å². The van der Waals surface area contributed by atoms with Crippen LogP contribution in [0.1, 0.15) is 58.4 Å². The Hall–Kier alpha value is -0.410. The Balaban J connectivity index is 1.80. The molecule has 118 valence electrons. The molecule has 1 nitrogen and oxygen atoms in total. The van der Waals surface area contributed by atoms with E-state index in [2.05, 4.69) is 42.0 Å². The molecule has 1 aliphatic rings. The molecule has 0 atom stereocenters.